The van der Waals surface area contributed by atoms with Gasteiger partial charge in [0.2, 0.25) is 5.91 Å². The first kappa shape index (κ1) is 15.7. The van der Waals surface area contributed by atoms with Crippen molar-refractivity contribution >= 4 is 11.8 Å². The molecular weight excluding hydrogens is 296 g/mol. The van der Waals surface area contributed by atoms with E-state index in [0.29, 0.717) is 24.5 Å². The molecule has 1 aromatic heterocycles. The van der Waals surface area contributed by atoms with Gasteiger partial charge in [0.25, 0.3) is 5.91 Å². The molecule has 2 amide bonds. The van der Waals surface area contributed by atoms with Gasteiger partial charge in [-0.2, -0.15) is 0 Å². The highest BCUT2D eigenvalue weighted by molar-refractivity contribution is 5.94. The highest BCUT2D eigenvalue weighted by Gasteiger charge is 2.48. The summed E-state index contributed by atoms with van der Waals surface area (Å²) in [6, 6.07) is 0.225. The summed E-state index contributed by atoms with van der Waals surface area (Å²) in [6.07, 6.45) is 5.77. The zero-order valence-electron chi connectivity index (χ0n) is 13.7. The third-order valence-electron chi connectivity index (χ3n) is 4.41. The molecule has 0 spiro atoms. The number of aromatic nitrogens is 1. The molecule has 4 rings (SSSR count). The predicted molar refractivity (Wildman–Crippen MR) is 83.9 cm³/mol. The highest BCUT2D eigenvalue weighted by Crippen LogP contribution is 2.33. The maximum Gasteiger partial charge on any atom is 0.276 e. The molecule has 0 saturated carbocycles. The van der Waals surface area contributed by atoms with E-state index in [0.717, 1.165) is 13.0 Å². The van der Waals surface area contributed by atoms with Crippen LogP contribution < -0.4 is 0 Å². The Kier molecular flexibility index (Phi) is 4.21. The molecule has 0 radical (unpaired) electrons. The van der Waals surface area contributed by atoms with Crippen LogP contribution in [0.4, 0.5) is 0 Å². The summed E-state index contributed by atoms with van der Waals surface area (Å²) < 4.78 is 5.10. The topological polar surface area (TPSA) is 69.9 Å². The Bertz CT molecular complexity index is 625. The van der Waals surface area contributed by atoms with Gasteiger partial charge in [-0.05, 0) is 27.4 Å². The standard InChI is InChI=1S/C16H22N4O3/c1-11-15(17-10-23-11)16(22)19-8-12-7-13(9-19)20(12)14(21)5-4-6-18(2)3/h4-5,10,12-13H,6-9H2,1-3H3/b5-4+. The van der Waals surface area contributed by atoms with Gasteiger partial charge in [0.15, 0.2) is 12.1 Å². The molecule has 2 unspecified atom stereocenters. The average Bonchev–Trinajstić information content (AvgIpc) is 2.92. The van der Waals surface area contributed by atoms with E-state index in [-0.39, 0.29) is 23.9 Å². The molecular formula is C16H22N4O3. The molecule has 3 fully saturated rings. The van der Waals surface area contributed by atoms with Crippen molar-refractivity contribution in [1.82, 2.24) is 19.7 Å². The molecule has 0 aromatic carbocycles. The lowest BCUT2D eigenvalue weighted by Crippen LogP contribution is -2.70. The Morgan fingerprint density at radius 2 is 2.09 bits per heavy atom. The second kappa shape index (κ2) is 6.16. The van der Waals surface area contributed by atoms with Crippen LogP contribution in [0.2, 0.25) is 0 Å². The van der Waals surface area contributed by atoms with Crippen LogP contribution in [0.5, 0.6) is 0 Å². The van der Waals surface area contributed by atoms with Crippen molar-refractivity contribution in [3.63, 3.8) is 0 Å². The summed E-state index contributed by atoms with van der Waals surface area (Å²) in [7, 11) is 3.92. The summed E-state index contributed by atoms with van der Waals surface area (Å²) in [5, 5.41) is 0. The molecule has 1 aromatic rings. The van der Waals surface area contributed by atoms with E-state index >= 15 is 0 Å². The SMILES string of the molecule is Cc1ocnc1C(=O)N1CC2CC(C1)N2C(=O)/C=C/CN(C)C. The second-order valence-corrected chi connectivity index (χ2v) is 6.42. The molecule has 2 atom stereocenters. The van der Waals surface area contributed by atoms with E-state index in [4.69, 9.17) is 4.42 Å². The number of hydrogen-bond donors (Lipinski definition) is 0. The zero-order chi connectivity index (χ0) is 16.6. The molecule has 4 heterocycles. The van der Waals surface area contributed by atoms with Crippen LogP contribution in [-0.4, -0.2) is 77.3 Å². The summed E-state index contributed by atoms with van der Waals surface area (Å²) in [5.41, 5.74) is 0.370. The van der Waals surface area contributed by atoms with Gasteiger partial charge < -0.3 is 19.1 Å². The number of carbonyl (C=O) groups excluding carboxylic acids is 2. The molecule has 23 heavy (non-hydrogen) atoms. The van der Waals surface area contributed by atoms with Crippen molar-refractivity contribution in [2.45, 2.75) is 25.4 Å². The van der Waals surface area contributed by atoms with E-state index < -0.39 is 0 Å². The highest BCUT2D eigenvalue weighted by atomic mass is 16.3. The third kappa shape index (κ3) is 3.01. The number of piperidine rings is 1. The lowest BCUT2D eigenvalue weighted by atomic mass is 9.87. The number of hydrogen-bond acceptors (Lipinski definition) is 5. The summed E-state index contributed by atoms with van der Waals surface area (Å²) in [6.45, 7) is 3.60. The fourth-order valence-electron chi connectivity index (χ4n) is 3.25. The molecule has 0 aliphatic carbocycles. The molecule has 0 N–H and O–H groups in total. The number of nitrogens with zero attached hydrogens (tertiary/aromatic N) is 4. The molecule has 3 aliphatic heterocycles. The quantitative estimate of drug-likeness (QED) is 0.757. The second-order valence-electron chi connectivity index (χ2n) is 6.42. The smallest absolute Gasteiger partial charge is 0.276 e. The first-order chi connectivity index (χ1) is 11.0. The number of piperazine rings is 1. The largest absolute Gasteiger partial charge is 0.448 e. The first-order valence-electron chi connectivity index (χ1n) is 7.80. The lowest BCUT2D eigenvalue weighted by molar-refractivity contribution is -0.146. The summed E-state index contributed by atoms with van der Waals surface area (Å²) in [4.78, 5) is 34.4. The Morgan fingerprint density at radius 1 is 1.39 bits per heavy atom. The Morgan fingerprint density at radius 3 is 2.65 bits per heavy atom. The van der Waals surface area contributed by atoms with Gasteiger partial charge >= 0.3 is 0 Å². The maximum atomic E-state index is 12.5. The average molecular weight is 318 g/mol. The zero-order valence-corrected chi connectivity index (χ0v) is 13.7. The molecule has 7 heteroatoms. The van der Waals surface area contributed by atoms with Crippen LogP contribution in [0.15, 0.2) is 23.0 Å². The minimum atomic E-state index is -0.110. The van der Waals surface area contributed by atoms with E-state index in [1.807, 2.05) is 30.0 Å². The minimum Gasteiger partial charge on any atom is -0.448 e. The van der Waals surface area contributed by atoms with Crippen LogP contribution in [0.25, 0.3) is 0 Å². The monoisotopic (exact) mass is 318 g/mol. The Labute approximate surface area is 135 Å². The van der Waals surface area contributed by atoms with Crippen molar-refractivity contribution in [3.8, 4) is 0 Å². The fraction of sp³-hybridized carbons (Fsp3) is 0.562. The number of rotatable bonds is 4. The molecule has 7 nitrogen and oxygen atoms in total. The molecule has 3 aliphatic rings. The van der Waals surface area contributed by atoms with E-state index in [9.17, 15) is 9.59 Å². The maximum absolute atomic E-state index is 12.5. The van der Waals surface area contributed by atoms with Gasteiger partial charge in [0.05, 0.1) is 12.1 Å². The number of carbonyl (C=O) groups is 2. The minimum absolute atomic E-state index is 0.0396. The lowest BCUT2D eigenvalue weighted by Gasteiger charge is -2.55. The van der Waals surface area contributed by atoms with Gasteiger partial charge in [-0.3, -0.25) is 9.59 Å². The van der Waals surface area contributed by atoms with Crippen molar-refractivity contribution < 1.29 is 14.0 Å². The number of oxazole rings is 1. The van der Waals surface area contributed by atoms with Crippen LogP contribution in [0, 0.1) is 6.92 Å². The van der Waals surface area contributed by atoms with Crippen LogP contribution in [0.3, 0.4) is 0 Å². The Balaban J connectivity index is 1.59. The predicted octanol–water partition coefficient (Wildman–Crippen LogP) is 0.526. The van der Waals surface area contributed by atoms with Gasteiger partial charge in [-0.15, -0.1) is 0 Å². The number of aryl methyl sites for hydroxylation is 1. The molecule has 2 bridgehead atoms. The van der Waals surface area contributed by atoms with Crippen molar-refractivity contribution in [2.75, 3.05) is 33.7 Å². The Hall–Kier alpha value is -2.15. The summed E-state index contributed by atoms with van der Waals surface area (Å²) in [5.74, 6) is 0.466. The molecule has 124 valence electrons. The van der Waals surface area contributed by atoms with Gasteiger partial charge in [0.1, 0.15) is 5.76 Å². The first-order valence-corrected chi connectivity index (χ1v) is 7.80. The summed E-state index contributed by atoms with van der Waals surface area (Å²) >= 11 is 0. The van der Waals surface area contributed by atoms with E-state index in [1.54, 1.807) is 17.9 Å². The third-order valence-corrected chi connectivity index (χ3v) is 4.41. The van der Waals surface area contributed by atoms with Crippen LogP contribution >= 0.6 is 0 Å². The van der Waals surface area contributed by atoms with Crippen LogP contribution in [0.1, 0.15) is 22.7 Å². The van der Waals surface area contributed by atoms with Gasteiger partial charge in [0, 0.05) is 25.7 Å². The number of fused-ring (bicyclic) bond motifs is 2. The fourth-order valence-corrected chi connectivity index (χ4v) is 3.25. The van der Waals surface area contributed by atoms with E-state index in [1.165, 1.54) is 6.39 Å². The van der Waals surface area contributed by atoms with Crippen molar-refractivity contribution in [1.29, 1.82) is 0 Å². The van der Waals surface area contributed by atoms with E-state index in [2.05, 4.69) is 4.98 Å². The van der Waals surface area contributed by atoms with Gasteiger partial charge in [-0.1, -0.05) is 6.08 Å². The number of likely N-dealkylation sites (N-methyl/N-ethyl adjacent to an activating group) is 1. The number of amides is 2. The van der Waals surface area contributed by atoms with Crippen molar-refractivity contribution in [3.05, 3.63) is 30.0 Å². The van der Waals surface area contributed by atoms with Crippen molar-refractivity contribution in [2.24, 2.45) is 0 Å². The van der Waals surface area contributed by atoms with Gasteiger partial charge in [-0.25, -0.2) is 4.98 Å². The molecule has 3 saturated heterocycles. The van der Waals surface area contributed by atoms with Crippen LogP contribution in [-0.2, 0) is 4.79 Å². The normalized spacial score (nSPS) is 23.5.